The lowest BCUT2D eigenvalue weighted by atomic mass is 10.1. The van der Waals surface area contributed by atoms with Crippen LogP contribution in [0.4, 0.5) is 22.0 Å². The maximum absolute atomic E-state index is 14.4. The maximum Gasteiger partial charge on any atom is 0.417 e. The van der Waals surface area contributed by atoms with Crippen molar-refractivity contribution in [2.45, 2.75) is 19.1 Å². The summed E-state index contributed by atoms with van der Waals surface area (Å²) in [7, 11) is 1.40. The minimum Gasteiger partial charge on any atom is -0.496 e. The van der Waals surface area contributed by atoms with Gasteiger partial charge >= 0.3 is 12.1 Å². The standard InChI is InChI=1S/C27H17F5N2O4S/c1-38-22-5-2-14(9-25(35)36)8-17(22)23-6-7-24(39-23)21-11-19(27(30,31)32)18(12-33)26(37)34(21)13-15-3-4-16(28)10-20(15)29/h2-8,10-11H,9,13H2,1H3,(H,35,36). The number of carboxylic acids is 1. The van der Waals surface area contributed by atoms with E-state index in [-0.39, 0.29) is 22.6 Å². The van der Waals surface area contributed by atoms with Crippen molar-refractivity contribution in [1.29, 1.82) is 5.26 Å². The highest BCUT2D eigenvalue weighted by Crippen LogP contribution is 2.41. The highest BCUT2D eigenvalue weighted by atomic mass is 32.1. The molecule has 6 nitrogen and oxygen atoms in total. The highest BCUT2D eigenvalue weighted by molar-refractivity contribution is 7.18. The largest absolute Gasteiger partial charge is 0.496 e. The molecule has 0 atom stereocenters. The predicted molar refractivity (Wildman–Crippen MR) is 133 cm³/mol. The van der Waals surface area contributed by atoms with Gasteiger partial charge in [0.1, 0.15) is 29.0 Å². The molecule has 0 radical (unpaired) electrons. The van der Waals surface area contributed by atoms with E-state index in [1.165, 1.54) is 19.2 Å². The third-order valence-corrected chi connectivity index (χ3v) is 6.95. The molecule has 2 aromatic carbocycles. The van der Waals surface area contributed by atoms with Crippen LogP contribution in [0, 0.1) is 23.0 Å². The van der Waals surface area contributed by atoms with Gasteiger partial charge in [-0.3, -0.25) is 9.59 Å². The molecule has 4 rings (SSSR count). The number of benzene rings is 2. The number of ether oxygens (including phenoxy) is 1. The fourth-order valence-corrected chi connectivity index (χ4v) is 5.06. The third kappa shape index (κ3) is 5.68. The molecule has 39 heavy (non-hydrogen) atoms. The number of nitriles is 1. The first kappa shape index (κ1) is 27.5. The molecule has 0 unspecified atom stereocenters. The van der Waals surface area contributed by atoms with Crippen LogP contribution in [-0.4, -0.2) is 22.8 Å². The van der Waals surface area contributed by atoms with E-state index in [0.717, 1.165) is 28.0 Å². The summed E-state index contributed by atoms with van der Waals surface area (Å²) >= 11 is 0.978. The molecular formula is C27H17F5N2O4S. The average Bonchev–Trinajstić information content (AvgIpc) is 3.35. The van der Waals surface area contributed by atoms with Gasteiger partial charge in [-0.2, -0.15) is 18.4 Å². The van der Waals surface area contributed by atoms with Gasteiger partial charge in [0, 0.05) is 22.1 Å². The number of thiophene rings is 1. The van der Waals surface area contributed by atoms with Crippen molar-refractivity contribution >= 4 is 17.3 Å². The molecule has 0 aliphatic carbocycles. The number of methoxy groups -OCH3 is 1. The summed E-state index contributed by atoms with van der Waals surface area (Å²) in [5.74, 6) is -2.58. The summed E-state index contributed by atoms with van der Waals surface area (Å²) in [6.07, 6.45) is -5.31. The number of hydrogen-bond acceptors (Lipinski definition) is 5. The number of aliphatic carboxylic acids is 1. The van der Waals surface area contributed by atoms with Gasteiger partial charge in [-0.1, -0.05) is 12.1 Å². The van der Waals surface area contributed by atoms with E-state index < -0.39 is 47.0 Å². The van der Waals surface area contributed by atoms with Gasteiger partial charge in [-0.25, -0.2) is 8.78 Å². The summed E-state index contributed by atoms with van der Waals surface area (Å²) in [5.41, 5.74) is -3.40. The van der Waals surface area contributed by atoms with Gasteiger partial charge < -0.3 is 14.4 Å². The van der Waals surface area contributed by atoms with Crippen LogP contribution < -0.4 is 10.3 Å². The number of halogens is 5. The van der Waals surface area contributed by atoms with E-state index in [2.05, 4.69) is 0 Å². The number of alkyl halides is 3. The van der Waals surface area contributed by atoms with Gasteiger partial charge in [-0.05, 0) is 42.0 Å². The second kappa shape index (κ2) is 10.7. The normalized spacial score (nSPS) is 11.3. The van der Waals surface area contributed by atoms with E-state index in [1.807, 2.05) is 0 Å². The van der Waals surface area contributed by atoms with Crippen molar-refractivity contribution in [2.24, 2.45) is 0 Å². The summed E-state index contributed by atoms with van der Waals surface area (Å²) in [6.45, 7) is -0.572. The number of rotatable bonds is 7. The number of nitrogens with zero attached hydrogens (tertiary/aromatic N) is 2. The van der Waals surface area contributed by atoms with E-state index in [1.54, 1.807) is 24.3 Å². The first-order valence-corrected chi connectivity index (χ1v) is 11.9. The van der Waals surface area contributed by atoms with E-state index in [0.29, 0.717) is 33.9 Å². The lowest BCUT2D eigenvalue weighted by Crippen LogP contribution is -2.28. The van der Waals surface area contributed by atoms with Crippen molar-refractivity contribution in [1.82, 2.24) is 4.57 Å². The molecule has 0 bridgehead atoms. The second-order valence-electron chi connectivity index (χ2n) is 8.32. The Kier molecular flexibility index (Phi) is 7.56. The molecule has 0 fully saturated rings. The molecule has 2 heterocycles. The van der Waals surface area contributed by atoms with Crippen LogP contribution in [0.25, 0.3) is 21.0 Å². The Labute approximate surface area is 221 Å². The first-order chi connectivity index (χ1) is 18.4. The van der Waals surface area contributed by atoms with Crippen LogP contribution >= 0.6 is 11.3 Å². The number of carbonyl (C=O) groups is 1. The zero-order valence-electron chi connectivity index (χ0n) is 20.0. The zero-order valence-corrected chi connectivity index (χ0v) is 20.8. The Balaban J connectivity index is 1.93. The summed E-state index contributed by atoms with van der Waals surface area (Å²) in [4.78, 5) is 25.0. The van der Waals surface area contributed by atoms with E-state index >= 15 is 0 Å². The maximum atomic E-state index is 14.4. The van der Waals surface area contributed by atoms with Crippen molar-refractivity contribution in [3.05, 3.63) is 98.8 Å². The fourth-order valence-electron chi connectivity index (χ4n) is 4.01. The Morgan fingerprint density at radius 1 is 1.08 bits per heavy atom. The smallest absolute Gasteiger partial charge is 0.417 e. The molecular weight excluding hydrogens is 543 g/mol. The number of carboxylic acid groups (broad SMARTS) is 1. The third-order valence-electron chi connectivity index (χ3n) is 5.80. The summed E-state index contributed by atoms with van der Waals surface area (Å²) < 4.78 is 75.5. The minimum absolute atomic E-state index is 0.172. The molecule has 0 saturated carbocycles. The topological polar surface area (TPSA) is 92.3 Å². The minimum atomic E-state index is -5.03. The molecule has 0 spiro atoms. The molecule has 0 aliphatic heterocycles. The SMILES string of the molecule is COc1ccc(CC(=O)O)cc1-c1ccc(-c2cc(C(F)(F)F)c(C#N)c(=O)n2Cc2ccc(F)cc2F)s1. The molecule has 12 heteroatoms. The van der Waals surface area contributed by atoms with Crippen LogP contribution in [0.5, 0.6) is 5.75 Å². The van der Waals surface area contributed by atoms with Crippen LogP contribution in [0.2, 0.25) is 0 Å². The Morgan fingerprint density at radius 2 is 1.79 bits per heavy atom. The Hall–Kier alpha value is -4.50. The molecule has 0 aliphatic rings. The number of aromatic nitrogens is 1. The van der Waals surface area contributed by atoms with Gasteiger partial charge in [0.15, 0.2) is 0 Å². The van der Waals surface area contributed by atoms with Crippen LogP contribution in [-0.2, 0) is 23.9 Å². The molecule has 2 aromatic heterocycles. The quantitative estimate of drug-likeness (QED) is 0.276. The average molecular weight is 561 g/mol. The zero-order chi connectivity index (χ0) is 28.5. The van der Waals surface area contributed by atoms with Crippen molar-refractivity contribution in [3.8, 4) is 32.8 Å². The van der Waals surface area contributed by atoms with Crippen LogP contribution in [0.1, 0.15) is 22.3 Å². The molecule has 4 aromatic rings. The Morgan fingerprint density at radius 3 is 2.41 bits per heavy atom. The van der Waals surface area contributed by atoms with Gasteiger partial charge in [0.25, 0.3) is 5.56 Å². The number of hydrogen-bond donors (Lipinski definition) is 1. The monoisotopic (exact) mass is 560 g/mol. The van der Waals surface area contributed by atoms with Gasteiger partial charge in [0.2, 0.25) is 0 Å². The van der Waals surface area contributed by atoms with Crippen LogP contribution in [0.15, 0.2) is 59.4 Å². The van der Waals surface area contributed by atoms with E-state index in [9.17, 15) is 36.8 Å². The number of pyridine rings is 1. The second-order valence-corrected chi connectivity index (χ2v) is 9.41. The predicted octanol–water partition coefficient (Wildman–Crippen LogP) is 6.10. The molecule has 0 saturated heterocycles. The lowest BCUT2D eigenvalue weighted by Gasteiger charge is -2.17. The molecule has 0 amide bonds. The van der Waals surface area contributed by atoms with Crippen molar-refractivity contribution < 1.29 is 36.6 Å². The first-order valence-electron chi connectivity index (χ1n) is 11.1. The fraction of sp³-hybridized carbons (Fsp3) is 0.148. The Bertz CT molecular complexity index is 1690. The summed E-state index contributed by atoms with van der Waals surface area (Å²) in [6, 6.07) is 12.2. The van der Waals surface area contributed by atoms with E-state index in [4.69, 9.17) is 9.84 Å². The van der Waals surface area contributed by atoms with Crippen LogP contribution in [0.3, 0.4) is 0 Å². The van der Waals surface area contributed by atoms with Crippen molar-refractivity contribution in [2.75, 3.05) is 7.11 Å². The molecule has 200 valence electrons. The summed E-state index contributed by atoms with van der Waals surface area (Å²) in [5, 5.41) is 18.5. The molecule has 1 N–H and O–H groups in total. The highest BCUT2D eigenvalue weighted by Gasteiger charge is 2.37. The van der Waals surface area contributed by atoms with Gasteiger partial charge in [-0.15, -0.1) is 11.3 Å². The lowest BCUT2D eigenvalue weighted by molar-refractivity contribution is -0.138. The van der Waals surface area contributed by atoms with Gasteiger partial charge in [0.05, 0.1) is 36.2 Å². The van der Waals surface area contributed by atoms with Crippen molar-refractivity contribution in [3.63, 3.8) is 0 Å².